The Morgan fingerprint density at radius 3 is 2.18 bits per heavy atom. The van der Waals surface area contributed by atoms with E-state index in [-0.39, 0.29) is 11.7 Å². The van der Waals surface area contributed by atoms with Crippen LogP contribution in [0.15, 0.2) is 42.5 Å². The van der Waals surface area contributed by atoms with Gasteiger partial charge in [0.25, 0.3) is 5.97 Å². The molecule has 3 rings (SSSR count). The van der Waals surface area contributed by atoms with Gasteiger partial charge in [0, 0.05) is 24.9 Å². The van der Waals surface area contributed by atoms with Gasteiger partial charge in [-0.15, -0.1) is 10.2 Å². The molecule has 34 heavy (non-hydrogen) atoms. The molecular formula is C24H30FN5O4. The number of aromatic amines is 1. The average Bonchev–Trinajstić information content (AvgIpc) is 3.30. The fourth-order valence-electron chi connectivity index (χ4n) is 3.68. The van der Waals surface area contributed by atoms with E-state index in [0.29, 0.717) is 36.3 Å². The number of hydrogen-bond donors (Lipinski definition) is 4. The highest BCUT2D eigenvalue weighted by molar-refractivity contribution is 5.71. The van der Waals surface area contributed by atoms with Crippen LogP contribution in [0.5, 0.6) is 0 Å². The van der Waals surface area contributed by atoms with Crippen LogP contribution in [0.2, 0.25) is 0 Å². The van der Waals surface area contributed by atoms with E-state index in [4.69, 9.17) is 15.6 Å². The molecule has 0 radical (unpaired) electrons. The number of carboxylic acid groups (broad SMARTS) is 2. The molecule has 0 aliphatic heterocycles. The van der Waals surface area contributed by atoms with Crippen molar-refractivity contribution in [3.05, 3.63) is 65.2 Å². The maximum Gasteiger partial charge on any atom is 0.307 e. The number of carboxylic acids is 2. The van der Waals surface area contributed by atoms with Crippen LogP contribution >= 0.6 is 0 Å². The van der Waals surface area contributed by atoms with Crippen molar-refractivity contribution in [3.8, 4) is 11.1 Å². The van der Waals surface area contributed by atoms with Crippen molar-refractivity contribution in [3.63, 3.8) is 0 Å². The molecule has 1 aromatic heterocycles. The molecule has 0 aliphatic carbocycles. The lowest BCUT2D eigenvalue weighted by Crippen LogP contribution is -2.26. The maximum atomic E-state index is 14.9. The first-order valence-electron chi connectivity index (χ1n) is 10.9. The zero-order chi connectivity index (χ0) is 25.3. The molecule has 0 saturated heterocycles. The fourth-order valence-corrected chi connectivity index (χ4v) is 3.68. The van der Waals surface area contributed by atoms with Gasteiger partial charge in [0.15, 0.2) is 5.82 Å². The van der Waals surface area contributed by atoms with Crippen molar-refractivity contribution in [2.75, 3.05) is 0 Å². The summed E-state index contributed by atoms with van der Waals surface area (Å²) in [6.07, 6.45) is 0.759. The molecule has 5 N–H and O–H groups in total. The van der Waals surface area contributed by atoms with Gasteiger partial charge in [0.05, 0.1) is 5.92 Å². The van der Waals surface area contributed by atoms with Crippen LogP contribution in [0.3, 0.4) is 0 Å². The first kappa shape index (κ1) is 26.6. The molecule has 0 bridgehead atoms. The van der Waals surface area contributed by atoms with Crippen LogP contribution in [-0.2, 0) is 22.6 Å². The smallest absolute Gasteiger partial charge is 0.307 e. The number of aromatic nitrogens is 4. The molecule has 1 heterocycles. The van der Waals surface area contributed by atoms with Crippen molar-refractivity contribution in [1.82, 2.24) is 20.6 Å². The highest BCUT2D eigenvalue weighted by Crippen LogP contribution is 2.32. The standard InChI is InChI=1S/C22H26FN5O2.C2H4O2/c1-13(2)9-19(22(29)30)18(21-25-27-28-26-21)10-15-5-8-17(20(23)11-15)16-6-3-14(12-24)4-7-16;1-2(3)4/h3-8,11,13,18-19H,9-10,12,24H2,1-2H3,(H,29,30)(H,25,26,27,28);1H3,(H,3,4)/t18-,19-;/m0./s1. The number of carbonyl (C=O) groups is 2. The molecule has 0 aliphatic rings. The minimum absolute atomic E-state index is 0.177. The number of nitrogens with two attached hydrogens (primary N) is 1. The number of nitrogens with one attached hydrogen (secondary N) is 1. The monoisotopic (exact) mass is 471 g/mol. The van der Waals surface area contributed by atoms with Gasteiger partial charge in [-0.25, -0.2) is 4.39 Å². The summed E-state index contributed by atoms with van der Waals surface area (Å²) < 4.78 is 14.9. The van der Waals surface area contributed by atoms with E-state index < -0.39 is 23.8 Å². The molecule has 0 saturated carbocycles. The lowest BCUT2D eigenvalue weighted by atomic mass is 9.81. The van der Waals surface area contributed by atoms with Gasteiger partial charge in [-0.05, 0) is 41.5 Å². The van der Waals surface area contributed by atoms with Crippen molar-refractivity contribution in [2.24, 2.45) is 17.6 Å². The third-order valence-corrected chi connectivity index (χ3v) is 5.21. The molecule has 2 atom stereocenters. The van der Waals surface area contributed by atoms with Crippen molar-refractivity contribution in [1.29, 1.82) is 0 Å². The molecule has 0 fully saturated rings. The van der Waals surface area contributed by atoms with Gasteiger partial charge in [-0.2, -0.15) is 5.21 Å². The molecule has 9 nitrogen and oxygen atoms in total. The summed E-state index contributed by atoms with van der Waals surface area (Å²) in [4.78, 5) is 21.0. The van der Waals surface area contributed by atoms with E-state index in [1.54, 1.807) is 6.07 Å². The molecule has 0 unspecified atom stereocenters. The van der Waals surface area contributed by atoms with Gasteiger partial charge in [-0.1, -0.05) is 55.5 Å². The molecule has 0 amide bonds. The average molecular weight is 472 g/mol. The summed E-state index contributed by atoms with van der Waals surface area (Å²) in [5.74, 6) is -2.83. The molecule has 3 aromatic rings. The molecular weight excluding hydrogens is 441 g/mol. The normalized spacial score (nSPS) is 12.5. The van der Waals surface area contributed by atoms with E-state index in [9.17, 15) is 14.3 Å². The summed E-state index contributed by atoms with van der Waals surface area (Å²) in [5, 5.41) is 31.2. The fraction of sp³-hybridized carbons (Fsp3) is 0.375. The van der Waals surface area contributed by atoms with Crippen LogP contribution in [0.1, 0.15) is 50.1 Å². The van der Waals surface area contributed by atoms with Gasteiger partial charge in [0.1, 0.15) is 5.82 Å². The summed E-state index contributed by atoms with van der Waals surface area (Å²) in [5.41, 5.74) is 8.51. The summed E-state index contributed by atoms with van der Waals surface area (Å²) in [6.45, 7) is 5.45. The molecule has 10 heteroatoms. The Labute approximate surface area is 197 Å². The first-order valence-corrected chi connectivity index (χ1v) is 10.9. The van der Waals surface area contributed by atoms with Gasteiger partial charge in [0.2, 0.25) is 0 Å². The van der Waals surface area contributed by atoms with Crippen LogP contribution in [0.25, 0.3) is 11.1 Å². The first-order chi connectivity index (χ1) is 16.1. The third kappa shape index (κ3) is 7.73. The maximum absolute atomic E-state index is 14.9. The number of rotatable bonds is 9. The van der Waals surface area contributed by atoms with E-state index in [0.717, 1.165) is 18.1 Å². The summed E-state index contributed by atoms with van der Waals surface area (Å²) in [7, 11) is 0. The Balaban J connectivity index is 0.000000945. The predicted molar refractivity (Wildman–Crippen MR) is 124 cm³/mol. The molecule has 2 aromatic carbocycles. The number of aliphatic carboxylic acids is 2. The zero-order valence-electron chi connectivity index (χ0n) is 19.4. The molecule has 0 spiro atoms. The quantitative estimate of drug-likeness (QED) is 0.369. The second-order valence-corrected chi connectivity index (χ2v) is 8.39. The van der Waals surface area contributed by atoms with E-state index >= 15 is 0 Å². The Morgan fingerprint density at radius 1 is 1.09 bits per heavy atom. The largest absolute Gasteiger partial charge is 0.481 e. The number of H-pyrrole nitrogens is 1. The Bertz CT molecular complexity index is 1070. The van der Waals surface area contributed by atoms with Crippen LogP contribution in [-0.4, -0.2) is 42.8 Å². The second-order valence-electron chi connectivity index (χ2n) is 8.39. The lowest BCUT2D eigenvalue weighted by molar-refractivity contribution is -0.143. The summed E-state index contributed by atoms with van der Waals surface area (Å²) in [6, 6.07) is 12.4. The number of benzene rings is 2. The Kier molecular flexibility index (Phi) is 9.81. The number of halogens is 1. The van der Waals surface area contributed by atoms with Crippen LogP contribution < -0.4 is 5.73 Å². The molecule has 182 valence electrons. The SMILES string of the molecule is CC(=O)O.CC(C)C[C@H](C(=O)O)[C@H](Cc1ccc(-c2ccc(CN)cc2)c(F)c1)c1nn[nH]n1. The minimum atomic E-state index is -0.921. The highest BCUT2D eigenvalue weighted by atomic mass is 19.1. The van der Waals surface area contributed by atoms with E-state index in [1.807, 2.05) is 44.2 Å². The van der Waals surface area contributed by atoms with Crippen LogP contribution in [0, 0.1) is 17.7 Å². The minimum Gasteiger partial charge on any atom is -0.481 e. The van der Waals surface area contributed by atoms with Crippen LogP contribution in [0.4, 0.5) is 4.39 Å². The third-order valence-electron chi connectivity index (χ3n) is 5.21. The topological polar surface area (TPSA) is 155 Å². The van der Waals surface area contributed by atoms with Crippen molar-refractivity contribution < 1.29 is 24.2 Å². The highest BCUT2D eigenvalue weighted by Gasteiger charge is 2.33. The zero-order valence-corrected chi connectivity index (χ0v) is 19.4. The van der Waals surface area contributed by atoms with Gasteiger partial charge < -0.3 is 15.9 Å². The lowest BCUT2D eigenvalue weighted by Gasteiger charge is -2.23. The second kappa shape index (κ2) is 12.5. The van der Waals surface area contributed by atoms with E-state index in [2.05, 4.69) is 20.6 Å². The predicted octanol–water partition coefficient (Wildman–Crippen LogP) is 3.63. The number of tetrazole rings is 1. The van der Waals surface area contributed by atoms with E-state index in [1.165, 1.54) is 6.07 Å². The van der Waals surface area contributed by atoms with Crippen molar-refractivity contribution >= 4 is 11.9 Å². The van der Waals surface area contributed by atoms with Gasteiger partial charge in [-0.3, -0.25) is 9.59 Å². The summed E-state index contributed by atoms with van der Waals surface area (Å²) >= 11 is 0. The Hall–Kier alpha value is -3.66. The number of hydrogen-bond acceptors (Lipinski definition) is 6. The number of nitrogens with zero attached hydrogens (tertiary/aromatic N) is 3. The van der Waals surface area contributed by atoms with Crippen molar-refractivity contribution in [2.45, 2.75) is 46.1 Å². The van der Waals surface area contributed by atoms with Gasteiger partial charge >= 0.3 is 5.97 Å². The Morgan fingerprint density at radius 2 is 1.71 bits per heavy atom.